The summed E-state index contributed by atoms with van der Waals surface area (Å²) < 4.78 is 0. The van der Waals surface area contributed by atoms with Crippen molar-refractivity contribution in [3.05, 3.63) is 68.7 Å². The summed E-state index contributed by atoms with van der Waals surface area (Å²) in [5.74, 6) is 0.767. The molecule has 2 unspecified atom stereocenters. The Morgan fingerprint density at radius 2 is 1.59 bits per heavy atom. The third kappa shape index (κ3) is 4.43. The van der Waals surface area contributed by atoms with Crippen molar-refractivity contribution < 1.29 is 4.79 Å². The van der Waals surface area contributed by atoms with Gasteiger partial charge in [-0.25, -0.2) is 0 Å². The maximum atomic E-state index is 12.8. The molecule has 142 valence electrons. The standard InChI is InChI=1S/C21H21Cl3N2O/c22-16-4-1-14(2-5-16)18-12-19(18)21(27)26-9-7-25(8-10-26)13-15-3-6-17(23)11-20(15)24/h1-6,11,18-19H,7-10,12-13H2. The molecule has 3 nitrogen and oxygen atoms in total. The van der Waals surface area contributed by atoms with E-state index in [1.54, 1.807) is 6.07 Å². The Morgan fingerprint density at radius 3 is 2.26 bits per heavy atom. The fourth-order valence-corrected chi connectivity index (χ4v) is 4.39. The summed E-state index contributed by atoms with van der Waals surface area (Å²) in [7, 11) is 0. The summed E-state index contributed by atoms with van der Waals surface area (Å²) in [6, 6.07) is 13.5. The Hall–Kier alpha value is -1.26. The van der Waals surface area contributed by atoms with E-state index in [4.69, 9.17) is 34.8 Å². The number of carbonyl (C=O) groups is 1. The second-order valence-corrected chi connectivity index (χ2v) is 8.62. The molecule has 4 rings (SSSR count). The van der Waals surface area contributed by atoms with Gasteiger partial charge in [-0.3, -0.25) is 9.69 Å². The van der Waals surface area contributed by atoms with Gasteiger partial charge in [0.25, 0.3) is 0 Å². The largest absolute Gasteiger partial charge is 0.340 e. The summed E-state index contributed by atoms with van der Waals surface area (Å²) in [6.07, 6.45) is 0.945. The minimum absolute atomic E-state index is 0.128. The average Bonchev–Trinajstić information content (AvgIpc) is 3.45. The van der Waals surface area contributed by atoms with Gasteiger partial charge >= 0.3 is 0 Å². The van der Waals surface area contributed by atoms with Crippen molar-refractivity contribution in [1.29, 1.82) is 0 Å². The number of hydrogen-bond donors (Lipinski definition) is 0. The zero-order valence-corrected chi connectivity index (χ0v) is 17.1. The Kier molecular flexibility index (Phi) is 5.65. The smallest absolute Gasteiger partial charge is 0.226 e. The van der Waals surface area contributed by atoms with Crippen molar-refractivity contribution in [3.63, 3.8) is 0 Å². The third-order valence-corrected chi connectivity index (χ3v) is 6.34. The van der Waals surface area contributed by atoms with Crippen LogP contribution in [-0.2, 0) is 11.3 Å². The molecule has 27 heavy (non-hydrogen) atoms. The molecule has 1 saturated carbocycles. The van der Waals surface area contributed by atoms with Gasteiger partial charge in [-0.2, -0.15) is 0 Å². The van der Waals surface area contributed by atoms with E-state index in [0.717, 1.165) is 49.7 Å². The molecular formula is C21H21Cl3N2O. The van der Waals surface area contributed by atoms with Crippen LogP contribution in [0.5, 0.6) is 0 Å². The highest BCUT2D eigenvalue weighted by atomic mass is 35.5. The van der Waals surface area contributed by atoms with Gasteiger partial charge < -0.3 is 4.90 Å². The molecule has 0 aromatic heterocycles. The van der Waals surface area contributed by atoms with Crippen LogP contribution in [0, 0.1) is 5.92 Å². The molecule has 2 aliphatic rings. The van der Waals surface area contributed by atoms with Crippen LogP contribution in [-0.4, -0.2) is 41.9 Å². The minimum atomic E-state index is 0.128. The first-order valence-corrected chi connectivity index (χ1v) is 10.3. The van der Waals surface area contributed by atoms with Gasteiger partial charge in [-0.15, -0.1) is 0 Å². The predicted molar refractivity (Wildman–Crippen MR) is 111 cm³/mol. The molecule has 0 N–H and O–H groups in total. The van der Waals surface area contributed by atoms with Gasteiger partial charge in [-0.1, -0.05) is 53.0 Å². The molecule has 0 spiro atoms. The molecule has 1 heterocycles. The molecular weight excluding hydrogens is 403 g/mol. The molecule has 1 saturated heterocycles. The van der Waals surface area contributed by atoms with E-state index < -0.39 is 0 Å². The molecule has 1 aliphatic carbocycles. The minimum Gasteiger partial charge on any atom is -0.340 e. The Morgan fingerprint density at radius 1 is 0.926 bits per heavy atom. The first-order valence-electron chi connectivity index (χ1n) is 9.22. The van der Waals surface area contributed by atoms with Gasteiger partial charge in [0.2, 0.25) is 5.91 Å². The summed E-state index contributed by atoms with van der Waals surface area (Å²) in [5, 5.41) is 2.09. The van der Waals surface area contributed by atoms with Crippen LogP contribution in [0.2, 0.25) is 15.1 Å². The second-order valence-electron chi connectivity index (χ2n) is 7.34. The fourth-order valence-electron chi connectivity index (χ4n) is 3.80. The predicted octanol–water partition coefficient (Wildman–Crippen LogP) is 5.09. The monoisotopic (exact) mass is 422 g/mol. The second kappa shape index (κ2) is 8.00. The Labute approximate surface area is 174 Å². The topological polar surface area (TPSA) is 23.6 Å². The molecule has 0 bridgehead atoms. The van der Waals surface area contributed by atoms with Crippen LogP contribution in [0.15, 0.2) is 42.5 Å². The third-order valence-electron chi connectivity index (χ3n) is 5.50. The molecule has 6 heteroatoms. The van der Waals surface area contributed by atoms with E-state index in [2.05, 4.69) is 4.90 Å². The summed E-state index contributed by atoms with van der Waals surface area (Å²) >= 11 is 18.2. The highest BCUT2D eigenvalue weighted by Crippen LogP contribution is 2.48. The molecule has 1 amide bonds. The maximum absolute atomic E-state index is 12.8. The zero-order valence-electron chi connectivity index (χ0n) is 14.9. The first kappa shape index (κ1) is 19.1. The van der Waals surface area contributed by atoms with Gasteiger partial charge in [-0.05, 0) is 47.7 Å². The zero-order chi connectivity index (χ0) is 19.0. The highest BCUT2D eigenvalue weighted by molar-refractivity contribution is 6.35. The number of amides is 1. The number of rotatable bonds is 4. The van der Waals surface area contributed by atoms with E-state index in [1.165, 1.54) is 5.56 Å². The number of hydrogen-bond acceptors (Lipinski definition) is 2. The van der Waals surface area contributed by atoms with Crippen LogP contribution in [0.1, 0.15) is 23.5 Å². The van der Waals surface area contributed by atoms with Crippen molar-refractivity contribution in [2.45, 2.75) is 18.9 Å². The first-order chi connectivity index (χ1) is 13.0. The number of benzene rings is 2. The summed E-state index contributed by atoms with van der Waals surface area (Å²) in [6.45, 7) is 4.06. The van der Waals surface area contributed by atoms with E-state index in [0.29, 0.717) is 21.9 Å². The summed E-state index contributed by atoms with van der Waals surface area (Å²) in [4.78, 5) is 17.2. The average molecular weight is 424 g/mol. The van der Waals surface area contributed by atoms with Crippen molar-refractivity contribution in [2.75, 3.05) is 26.2 Å². The van der Waals surface area contributed by atoms with E-state index in [-0.39, 0.29) is 5.92 Å². The lowest BCUT2D eigenvalue weighted by atomic mass is 10.1. The number of carbonyl (C=O) groups excluding carboxylic acids is 1. The molecule has 1 aliphatic heterocycles. The lowest BCUT2D eigenvalue weighted by Gasteiger charge is -2.35. The lowest BCUT2D eigenvalue weighted by Crippen LogP contribution is -2.48. The van der Waals surface area contributed by atoms with Crippen LogP contribution < -0.4 is 0 Å². The number of nitrogens with zero attached hydrogens (tertiary/aromatic N) is 2. The Bertz CT molecular complexity index is 832. The van der Waals surface area contributed by atoms with Crippen molar-refractivity contribution >= 4 is 40.7 Å². The molecule has 2 fully saturated rings. The van der Waals surface area contributed by atoms with Crippen LogP contribution in [0.4, 0.5) is 0 Å². The van der Waals surface area contributed by atoms with Gasteiger partial charge in [0.1, 0.15) is 0 Å². The molecule has 2 aromatic carbocycles. The maximum Gasteiger partial charge on any atom is 0.226 e. The van der Waals surface area contributed by atoms with Crippen molar-refractivity contribution in [1.82, 2.24) is 9.80 Å². The lowest BCUT2D eigenvalue weighted by molar-refractivity contribution is -0.134. The van der Waals surface area contributed by atoms with Crippen LogP contribution in [0.3, 0.4) is 0 Å². The number of halogens is 3. The quantitative estimate of drug-likeness (QED) is 0.683. The van der Waals surface area contributed by atoms with Gasteiger partial charge in [0.05, 0.1) is 0 Å². The van der Waals surface area contributed by atoms with Crippen molar-refractivity contribution in [2.24, 2.45) is 5.92 Å². The molecule has 2 atom stereocenters. The SMILES string of the molecule is O=C(C1CC1c1ccc(Cl)cc1)N1CCN(Cc2ccc(Cl)cc2Cl)CC1. The molecule has 2 aromatic rings. The fraction of sp³-hybridized carbons (Fsp3) is 0.381. The van der Waals surface area contributed by atoms with Gasteiger partial charge in [0.15, 0.2) is 0 Å². The Balaban J connectivity index is 1.29. The van der Waals surface area contributed by atoms with E-state index in [1.807, 2.05) is 41.3 Å². The van der Waals surface area contributed by atoms with Crippen LogP contribution >= 0.6 is 34.8 Å². The van der Waals surface area contributed by atoms with Crippen LogP contribution in [0.25, 0.3) is 0 Å². The van der Waals surface area contributed by atoms with E-state index in [9.17, 15) is 4.79 Å². The van der Waals surface area contributed by atoms with E-state index >= 15 is 0 Å². The van der Waals surface area contributed by atoms with Gasteiger partial charge in [0, 0.05) is 53.7 Å². The summed E-state index contributed by atoms with van der Waals surface area (Å²) in [5.41, 5.74) is 2.29. The number of piperazine rings is 1. The highest BCUT2D eigenvalue weighted by Gasteiger charge is 2.46. The van der Waals surface area contributed by atoms with Crippen molar-refractivity contribution in [3.8, 4) is 0 Å². The normalized spacial score (nSPS) is 22.7. The molecule has 0 radical (unpaired) electrons.